The van der Waals surface area contributed by atoms with E-state index in [0.717, 1.165) is 5.56 Å². The number of hydrogen-bond acceptors (Lipinski definition) is 3. The molecule has 0 bridgehead atoms. The molecule has 0 atom stereocenters. The Kier molecular flexibility index (Phi) is 3.43. The lowest BCUT2D eigenvalue weighted by molar-refractivity contribution is -0.0693. The molecule has 3 rings (SSSR count). The molecule has 5 nitrogen and oxygen atoms in total. The summed E-state index contributed by atoms with van der Waals surface area (Å²) in [6, 6.07) is 18.5. The second kappa shape index (κ2) is 5.41. The maximum absolute atomic E-state index is 11.1. The summed E-state index contributed by atoms with van der Waals surface area (Å²) in [7, 11) is 0. The topological polar surface area (TPSA) is 73.6 Å². The second-order valence-electron chi connectivity index (χ2n) is 5.24. The first-order chi connectivity index (χ1) is 10.6. The van der Waals surface area contributed by atoms with Crippen molar-refractivity contribution in [2.45, 2.75) is 5.60 Å². The quantitative estimate of drug-likeness (QED) is 0.944. The average molecular weight is 294 g/mol. The Balaban J connectivity index is 1.87. The van der Waals surface area contributed by atoms with Gasteiger partial charge in [0, 0.05) is 0 Å². The van der Waals surface area contributed by atoms with E-state index in [0.29, 0.717) is 11.3 Å². The van der Waals surface area contributed by atoms with Crippen LogP contribution in [0.5, 0.6) is 5.75 Å². The Labute approximate surface area is 128 Å². The molecular formula is C17H14N2O3. The Bertz CT molecular complexity index is 714. The maximum Gasteiger partial charge on any atom is 0.407 e. The van der Waals surface area contributed by atoms with Crippen LogP contribution in [0.3, 0.4) is 0 Å². The zero-order chi connectivity index (χ0) is 15.6. The molecule has 1 aliphatic rings. The monoisotopic (exact) mass is 294 g/mol. The van der Waals surface area contributed by atoms with Gasteiger partial charge in [0.25, 0.3) is 0 Å². The van der Waals surface area contributed by atoms with E-state index in [1.807, 2.05) is 30.3 Å². The van der Waals surface area contributed by atoms with Crippen molar-refractivity contribution in [3.63, 3.8) is 0 Å². The second-order valence-corrected chi connectivity index (χ2v) is 5.24. The van der Waals surface area contributed by atoms with E-state index in [1.165, 1.54) is 4.90 Å². The van der Waals surface area contributed by atoms with Gasteiger partial charge in [-0.2, -0.15) is 5.26 Å². The molecule has 0 unspecified atom stereocenters. The molecule has 1 saturated heterocycles. The number of nitriles is 1. The maximum atomic E-state index is 11.1. The minimum Gasteiger partial charge on any atom is -0.479 e. The number of carboxylic acid groups (broad SMARTS) is 1. The lowest BCUT2D eigenvalue weighted by Crippen LogP contribution is -2.63. The molecule has 1 heterocycles. The van der Waals surface area contributed by atoms with E-state index in [4.69, 9.17) is 15.1 Å². The third kappa shape index (κ3) is 2.47. The van der Waals surface area contributed by atoms with Crippen molar-refractivity contribution in [2.24, 2.45) is 0 Å². The van der Waals surface area contributed by atoms with Gasteiger partial charge in [0.15, 0.2) is 5.60 Å². The Hall–Kier alpha value is -3.00. The first-order valence-electron chi connectivity index (χ1n) is 6.85. The van der Waals surface area contributed by atoms with Gasteiger partial charge in [-0.3, -0.25) is 4.90 Å². The Morgan fingerprint density at radius 1 is 1.14 bits per heavy atom. The molecule has 0 saturated carbocycles. The largest absolute Gasteiger partial charge is 0.479 e. The van der Waals surface area contributed by atoms with Crippen LogP contribution in [0.25, 0.3) is 0 Å². The Morgan fingerprint density at radius 2 is 1.77 bits per heavy atom. The highest BCUT2D eigenvalue weighted by molar-refractivity contribution is 5.67. The van der Waals surface area contributed by atoms with Crippen molar-refractivity contribution in [1.82, 2.24) is 4.90 Å². The smallest absolute Gasteiger partial charge is 0.407 e. The Morgan fingerprint density at radius 3 is 2.32 bits per heavy atom. The zero-order valence-electron chi connectivity index (χ0n) is 11.8. The molecule has 2 aromatic rings. The van der Waals surface area contributed by atoms with Gasteiger partial charge in [0.2, 0.25) is 0 Å². The molecule has 0 aliphatic carbocycles. The van der Waals surface area contributed by atoms with Crippen molar-refractivity contribution in [2.75, 3.05) is 13.1 Å². The number of rotatable bonds is 3. The van der Waals surface area contributed by atoms with Gasteiger partial charge in [-0.15, -0.1) is 0 Å². The molecule has 1 amide bonds. The summed E-state index contributed by atoms with van der Waals surface area (Å²) in [5, 5.41) is 17.9. The third-order valence-corrected chi connectivity index (χ3v) is 3.76. The van der Waals surface area contributed by atoms with Crippen molar-refractivity contribution < 1.29 is 14.6 Å². The third-order valence-electron chi connectivity index (χ3n) is 3.76. The van der Waals surface area contributed by atoms with Crippen LogP contribution < -0.4 is 4.74 Å². The van der Waals surface area contributed by atoms with Crippen LogP contribution in [0.15, 0.2) is 54.6 Å². The predicted molar refractivity (Wildman–Crippen MR) is 79.5 cm³/mol. The van der Waals surface area contributed by atoms with Crippen molar-refractivity contribution in [3.8, 4) is 11.8 Å². The van der Waals surface area contributed by atoms with E-state index in [-0.39, 0.29) is 13.1 Å². The lowest BCUT2D eigenvalue weighted by Gasteiger charge is -2.48. The summed E-state index contributed by atoms with van der Waals surface area (Å²) >= 11 is 0. The van der Waals surface area contributed by atoms with Gasteiger partial charge in [-0.05, 0) is 29.8 Å². The van der Waals surface area contributed by atoms with E-state index in [9.17, 15) is 4.79 Å². The summed E-state index contributed by atoms with van der Waals surface area (Å²) in [6.45, 7) is 0.568. The lowest BCUT2D eigenvalue weighted by atomic mass is 9.86. The molecule has 110 valence electrons. The first-order valence-corrected chi connectivity index (χ1v) is 6.85. The van der Waals surface area contributed by atoms with Crippen molar-refractivity contribution >= 4 is 6.09 Å². The fourth-order valence-corrected chi connectivity index (χ4v) is 2.58. The molecule has 0 spiro atoms. The number of amides is 1. The van der Waals surface area contributed by atoms with Crippen LogP contribution in [-0.4, -0.2) is 29.2 Å². The first kappa shape index (κ1) is 14.0. The minimum atomic E-state index is -0.949. The molecule has 2 aromatic carbocycles. The minimum absolute atomic E-state index is 0.284. The average Bonchev–Trinajstić information content (AvgIpc) is 2.51. The van der Waals surface area contributed by atoms with Gasteiger partial charge in [-0.25, -0.2) is 4.79 Å². The van der Waals surface area contributed by atoms with E-state index in [2.05, 4.69) is 6.07 Å². The summed E-state index contributed by atoms with van der Waals surface area (Å²) in [5.41, 5.74) is 0.826. The molecule has 1 N–H and O–H groups in total. The molecule has 1 fully saturated rings. The predicted octanol–water partition coefficient (Wildman–Crippen LogP) is 2.83. The zero-order valence-corrected chi connectivity index (χ0v) is 11.8. The van der Waals surface area contributed by atoms with E-state index >= 15 is 0 Å². The van der Waals surface area contributed by atoms with Crippen LogP contribution in [0, 0.1) is 11.3 Å². The van der Waals surface area contributed by atoms with Gasteiger partial charge in [0.1, 0.15) is 5.75 Å². The van der Waals surface area contributed by atoms with Crippen LogP contribution in [0.4, 0.5) is 4.79 Å². The fourth-order valence-electron chi connectivity index (χ4n) is 2.58. The van der Waals surface area contributed by atoms with E-state index < -0.39 is 11.7 Å². The van der Waals surface area contributed by atoms with Gasteiger partial charge in [-0.1, -0.05) is 30.3 Å². The molecule has 5 heteroatoms. The summed E-state index contributed by atoms with van der Waals surface area (Å²) in [5.74, 6) is 0.618. The van der Waals surface area contributed by atoms with Gasteiger partial charge < -0.3 is 9.84 Å². The SMILES string of the molecule is N#Cc1ccc(OC2(c3ccccc3)CN(C(=O)O)C2)cc1. The highest BCUT2D eigenvalue weighted by Crippen LogP contribution is 2.37. The summed E-state index contributed by atoms with van der Waals surface area (Å²) in [4.78, 5) is 12.4. The number of likely N-dealkylation sites (tertiary alicyclic amines) is 1. The number of carbonyl (C=O) groups is 1. The normalized spacial score (nSPS) is 15.5. The van der Waals surface area contributed by atoms with E-state index in [1.54, 1.807) is 24.3 Å². The molecule has 1 aliphatic heterocycles. The highest BCUT2D eigenvalue weighted by atomic mass is 16.5. The number of hydrogen-bond donors (Lipinski definition) is 1. The molecule has 0 aromatic heterocycles. The standard InChI is InChI=1S/C17H14N2O3/c18-10-13-6-8-15(9-7-13)22-17(11-19(12-17)16(20)21)14-4-2-1-3-5-14/h1-9H,11-12H2,(H,20,21). The van der Waals surface area contributed by atoms with Crippen molar-refractivity contribution in [1.29, 1.82) is 5.26 Å². The number of ether oxygens (including phenoxy) is 1. The molecule has 22 heavy (non-hydrogen) atoms. The molecule has 0 radical (unpaired) electrons. The highest BCUT2D eigenvalue weighted by Gasteiger charge is 2.49. The van der Waals surface area contributed by atoms with Crippen LogP contribution in [-0.2, 0) is 5.60 Å². The molecular weight excluding hydrogens is 280 g/mol. The van der Waals surface area contributed by atoms with Crippen molar-refractivity contribution in [3.05, 3.63) is 65.7 Å². The summed E-state index contributed by atoms with van der Waals surface area (Å²) < 4.78 is 6.09. The van der Waals surface area contributed by atoms with Crippen LogP contribution in [0.2, 0.25) is 0 Å². The summed E-state index contributed by atoms with van der Waals surface area (Å²) in [6.07, 6.45) is -0.949. The van der Waals surface area contributed by atoms with Crippen LogP contribution >= 0.6 is 0 Å². The van der Waals surface area contributed by atoms with Gasteiger partial charge in [0.05, 0.1) is 24.7 Å². The number of benzene rings is 2. The van der Waals surface area contributed by atoms with Gasteiger partial charge >= 0.3 is 6.09 Å². The van der Waals surface area contributed by atoms with Crippen LogP contribution in [0.1, 0.15) is 11.1 Å². The fraction of sp³-hybridized carbons (Fsp3) is 0.176. The number of nitrogens with zero attached hydrogens (tertiary/aromatic N) is 2.